The van der Waals surface area contributed by atoms with Gasteiger partial charge in [-0.15, -0.1) is 0 Å². The van der Waals surface area contributed by atoms with Crippen molar-refractivity contribution in [3.63, 3.8) is 0 Å². The molecule has 2 nitrogen and oxygen atoms in total. The summed E-state index contributed by atoms with van der Waals surface area (Å²) in [5.41, 5.74) is 4.35. The normalized spacial score (nSPS) is 12.4. The van der Waals surface area contributed by atoms with Gasteiger partial charge < -0.3 is 0 Å². The smallest absolute Gasteiger partial charge is 0.0633 e. The highest BCUT2D eigenvalue weighted by molar-refractivity contribution is 6.43. The van der Waals surface area contributed by atoms with Crippen LogP contribution in [-0.2, 0) is 0 Å². The van der Waals surface area contributed by atoms with E-state index in [0.717, 1.165) is 42.1 Å². The molecule has 2 aromatic carbocycles. The molecule has 0 bridgehead atoms. The molecule has 0 spiro atoms. The fraction of sp³-hybridized carbons (Fsp3) is 0.417. The highest BCUT2D eigenvalue weighted by atomic mass is 14.8. The molecule has 0 aromatic heterocycles. The van der Waals surface area contributed by atoms with Crippen molar-refractivity contribution in [3.05, 3.63) is 60.7 Å². The van der Waals surface area contributed by atoms with Crippen LogP contribution >= 0.6 is 0 Å². The van der Waals surface area contributed by atoms with E-state index in [-0.39, 0.29) is 0 Å². The van der Waals surface area contributed by atoms with Crippen LogP contribution in [-0.4, -0.2) is 11.4 Å². The van der Waals surface area contributed by atoms with Gasteiger partial charge in [-0.05, 0) is 49.9 Å². The number of para-hydroxylation sites is 2. The van der Waals surface area contributed by atoms with Gasteiger partial charge in [0, 0.05) is 0 Å². The highest BCUT2D eigenvalue weighted by Gasteiger charge is 2.10. The van der Waals surface area contributed by atoms with E-state index in [0.29, 0.717) is 0 Å². The molecule has 0 heterocycles. The number of unbranched alkanes of at least 4 members (excludes halogenated alkanes) is 4. The van der Waals surface area contributed by atoms with Crippen LogP contribution in [0.5, 0.6) is 0 Å². The molecule has 0 unspecified atom stereocenters. The minimum absolute atomic E-state index is 0.991. The third-order valence-corrected chi connectivity index (χ3v) is 4.41. The molecule has 2 rings (SSSR count). The van der Waals surface area contributed by atoms with E-state index in [1.807, 2.05) is 36.4 Å². The maximum absolute atomic E-state index is 4.99. The molecule has 0 aliphatic carbocycles. The lowest BCUT2D eigenvalue weighted by molar-refractivity contribution is 0.683. The molecule has 0 fully saturated rings. The molecule has 2 heteroatoms. The first-order chi connectivity index (χ1) is 12.8. The van der Waals surface area contributed by atoms with Crippen molar-refractivity contribution < 1.29 is 0 Å². The summed E-state index contributed by atoms with van der Waals surface area (Å²) >= 11 is 0. The zero-order valence-corrected chi connectivity index (χ0v) is 16.3. The number of aliphatic imine (C=N–C) groups is 2. The van der Waals surface area contributed by atoms with Gasteiger partial charge in [-0.3, -0.25) is 9.98 Å². The zero-order valence-electron chi connectivity index (χ0n) is 16.3. The summed E-state index contributed by atoms with van der Waals surface area (Å²) in [6, 6.07) is 20.6. The molecule has 0 radical (unpaired) electrons. The summed E-state index contributed by atoms with van der Waals surface area (Å²) in [5.74, 6) is 0. The molecule has 26 heavy (non-hydrogen) atoms. The van der Waals surface area contributed by atoms with Crippen LogP contribution in [0, 0.1) is 0 Å². The number of benzene rings is 2. The first-order valence-electron chi connectivity index (χ1n) is 10.1. The van der Waals surface area contributed by atoms with E-state index in [2.05, 4.69) is 38.1 Å². The highest BCUT2D eigenvalue weighted by Crippen LogP contribution is 2.18. The Morgan fingerprint density at radius 1 is 0.577 bits per heavy atom. The summed E-state index contributed by atoms with van der Waals surface area (Å²) in [6.07, 6.45) is 9.30. The summed E-state index contributed by atoms with van der Waals surface area (Å²) in [4.78, 5) is 9.97. The van der Waals surface area contributed by atoms with Crippen LogP contribution in [0.2, 0.25) is 0 Å². The molecule has 0 amide bonds. The molecule has 0 saturated heterocycles. The second-order valence-corrected chi connectivity index (χ2v) is 6.70. The molecule has 0 saturated carbocycles. The molecule has 0 atom stereocenters. The fourth-order valence-electron chi connectivity index (χ4n) is 2.91. The van der Waals surface area contributed by atoms with E-state index in [1.54, 1.807) is 0 Å². The second kappa shape index (κ2) is 12.2. The van der Waals surface area contributed by atoms with E-state index >= 15 is 0 Å². The van der Waals surface area contributed by atoms with Gasteiger partial charge in [-0.2, -0.15) is 0 Å². The van der Waals surface area contributed by atoms with Gasteiger partial charge in [0.05, 0.1) is 22.8 Å². The van der Waals surface area contributed by atoms with Gasteiger partial charge in [-0.1, -0.05) is 75.9 Å². The molecule has 0 aliphatic rings. The Kier molecular flexibility index (Phi) is 9.42. The lowest BCUT2D eigenvalue weighted by Gasteiger charge is -2.11. The summed E-state index contributed by atoms with van der Waals surface area (Å²) < 4.78 is 0. The molecule has 0 N–H and O–H groups in total. The number of rotatable bonds is 11. The average molecular weight is 349 g/mol. The summed E-state index contributed by atoms with van der Waals surface area (Å²) in [5, 5.41) is 0. The second-order valence-electron chi connectivity index (χ2n) is 6.70. The largest absolute Gasteiger partial charge is 0.252 e. The standard InChI is InChI=1S/C24H32N2/c1-3-5-7-14-20-24(26-22-17-12-9-13-18-22)23(19-6-4-2)25-21-15-10-8-11-16-21/h8-13,15-18H,3-7,14,19-20H2,1-2H3. The Bertz CT molecular complexity index is 672. The van der Waals surface area contributed by atoms with Crippen molar-refractivity contribution in [1.29, 1.82) is 0 Å². The molecule has 0 aliphatic heterocycles. The number of nitrogens with zero attached hydrogens (tertiary/aromatic N) is 2. The van der Waals surface area contributed by atoms with Crippen LogP contribution in [0.25, 0.3) is 0 Å². The number of hydrogen-bond donors (Lipinski definition) is 0. The van der Waals surface area contributed by atoms with E-state index in [4.69, 9.17) is 9.98 Å². The first-order valence-corrected chi connectivity index (χ1v) is 10.1. The quantitative estimate of drug-likeness (QED) is 0.294. The Morgan fingerprint density at radius 3 is 1.50 bits per heavy atom. The van der Waals surface area contributed by atoms with Crippen LogP contribution in [0.15, 0.2) is 70.6 Å². The van der Waals surface area contributed by atoms with E-state index in [1.165, 1.54) is 32.1 Å². The molecule has 2 aromatic rings. The summed E-state index contributed by atoms with van der Waals surface area (Å²) in [6.45, 7) is 4.48. The van der Waals surface area contributed by atoms with Crippen molar-refractivity contribution >= 4 is 22.8 Å². The van der Waals surface area contributed by atoms with Crippen molar-refractivity contribution in [3.8, 4) is 0 Å². The minimum Gasteiger partial charge on any atom is -0.252 e. The SMILES string of the molecule is CCCCCCC(=Nc1ccccc1)C(CCCC)=Nc1ccccc1. The van der Waals surface area contributed by atoms with Crippen molar-refractivity contribution in [2.75, 3.05) is 0 Å². The Hall–Kier alpha value is -2.22. The molecule has 138 valence electrons. The number of hydrogen-bond acceptors (Lipinski definition) is 2. The fourth-order valence-corrected chi connectivity index (χ4v) is 2.91. The molecular weight excluding hydrogens is 316 g/mol. The maximum atomic E-state index is 4.99. The van der Waals surface area contributed by atoms with Gasteiger partial charge in [0.2, 0.25) is 0 Å². The maximum Gasteiger partial charge on any atom is 0.0633 e. The van der Waals surface area contributed by atoms with Gasteiger partial charge in [-0.25, -0.2) is 0 Å². The van der Waals surface area contributed by atoms with Crippen molar-refractivity contribution in [2.45, 2.75) is 65.2 Å². The van der Waals surface area contributed by atoms with Gasteiger partial charge in [0.25, 0.3) is 0 Å². The summed E-state index contributed by atoms with van der Waals surface area (Å²) in [7, 11) is 0. The van der Waals surface area contributed by atoms with Crippen LogP contribution in [0.1, 0.15) is 65.2 Å². The predicted octanol–water partition coefficient (Wildman–Crippen LogP) is 7.69. The third-order valence-electron chi connectivity index (χ3n) is 4.41. The van der Waals surface area contributed by atoms with E-state index in [9.17, 15) is 0 Å². The third kappa shape index (κ3) is 7.35. The van der Waals surface area contributed by atoms with Crippen molar-refractivity contribution in [1.82, 2.24) is 0 Å². The Labute approximate surface area is 159 Å². The monoisotopic (exact) mass is 348 g/mol. The predicted molar refractivity (Wildman–Crippen MR) is 115 cm³/mol. The zero-order chi connectivity index (χ0) is 18.5. The first kappa shape index (κ1) is 20.1. The Morgan fingerprint density at radius 2 is 1.04 bits per heavy atom. The lowest BCUT2D eigenvalue weighted by atomic mass is 10.0. The van der Waals surface area contributed by atoms with Gasteiger partial charge >= 0.3 is 0 Å². The van der Waals surface area contributed by atoms with Crippen LogP contribution in [0.4, 0.5) is 11.4 Å². The molecular formula is C24H32N2. The average Bonchev–Trinajstić information content (AvgIpc) is 2.69. The topological polar surface area (TPSA) is 24.7 Å². The lowest BCUT2D eigenvalue weighted by Crippen LogP contribution is -2.14. The van der Waals surface area contributed by atoms with Gasteiger partial charge in [0.15, 0.2) is 0 Å². The van der Waals surface area contributed by atoms with Gasteiger partial charge in [0.1, 0.15) is 0 Å². The minimum atomic E-state index is 0.991. The van der Waals surface area contributed by atoms with E-state index < -0.39 is 0 Å². The van der Waals surface area contributed by atoms with Crippen molar-refractivity contribution in [2.24, 2.45) is 9.98 Å². The van der Waals surface area contributed by atoms with Crippen LogP contribution < -0.4 is 0 Å². The van der Waals surface area contributed by atoms with Crippen LogP contribution in [0.3, 0.4) is 0 Å². The Balaban J connectivity index is 2.30.